The molecule has 3 rings (SSSR count). The second-order valence-corrected chi connectivity index (χ2v) is 8.29. The third-order valence-corrected chi connectivity index (χ3v) is 6.90. The summed E-state index contributed by atoms with van der Waals surface area (Å²) in [5.74, 6) is 3.99. The second-order valence-electron chi connectivity index (χ2n) is 8.29. The van der Waals surface area contributed by atoms with E-state index in [0.717, 1.165) is 23.7 Å². The molecule has 2 saturated carbocycles. The topological polar surface area (TPSA) is 0 Å². The first kappa shape index (κ1) is 17.1. The SMILES string of the molecule is CCCc1ccc(C2CCC([C@H]3CC[C@H](CC)CC3)CC2)cc1. The maximum atomic E-state index is 2.42. The molecule has 0 N–H and O–H groups in total. The van der Waals surface area contributed by atoms with Gasteiger partial charge >= 0.3 is 0 Å². The lowest BCUT2D eigenvalue weighted by molar-refractivity contribution is 0.158. The van der Waals surface area contributed by atoms with Crippen molar-refractivity contribution in [1.29, 1.82) is 0 Å². The normalized spacial score (nSPS) is 31.9. The minimum atomic E-state index is 0.842. The number of benzene rings is 1. The summed E-state index contributed by atoms with van der Waals surface area (Å²) in [4.78, 5) is 0. The van der Waals surface area contributed by atoms with Crippen molar-refractivity contribution in [2.45, 2.75) is 90.4 Å². The quantitative estimate of drug-likeness (QED) is 0.542. The monoisotopic (exact) mass is 312 g/mol. The standard InChI is InChI=1S/C23H36/c1-3-5-19-8-12-21(13-9-19)23-16-14-22(15-17-23)20-10-6-18(4-2)7-11-20/h8-9,12-13,18,20,22-23H,3-7,10-11,14-17H2,1-2H3/t18-,20-,22?,23?. The molecule has 0 radical (unpaired) electrons. The summed E-state index contributed by atoms with van der Waals surface area (Å²) in [6.07, 6.45) is 15.8. The first-order valence-corrected chi connectivity index (χ1v) is 10.4. The molecule has 1 aromatic rings. The van der Waals surface area contributed by atoms with Gasteiger partial charge in [-0.05, 0) is 79.7 Å². The molecule has 0 heteroatoms. The summed E-state index contributed by atoms with van der Waals surface area (Å²) in [6, 6.07) is 9.58. The summed E-state index contributed by atoms with van der Waals surface area (Å²) in [5, 5.41) is 0. The van der Waals surface area contributed by atoms with Crippen LogP contribution in [0.1, 0.15) is 95.1 Å². The van der Waals surface area contributed by atoms with Gasteiger partial charge in [-0.25, -0.2) is 0 Å². The summed E-state index contributed by atoms with van der Waals surface area (Å²) < 4.78 is 0. The van der Waals surface area contributed by atoms with Crippen LogP contribution >= 0.6 is 0 Å². The van der Waals surface area contributed by atoms with Crippen molar-refractivity contribution in [1.82, 2.24) is 0 Å². The van der Waals surface area contributed by atoms with Crippen LogP contribution in [0.5, 0.6) is 0 Å². The Kier molecular flexibility index (Phi) is 6.20. The Bertz CT molecular complexity index is 441. The average molecular weight is 313 g/mol. The van der Waals surface area contributed by atoms with Crippen molar-refractivity contribution >= 4 is 0 Å². The lowest BCUT2D eigenvalue weighted by Gasteiger charge is -2.38. The van der Waals surface area contributed by atoms with E-state index in [1.165, 1.54) is 76.2 Å². The van der Waals surface area contributed by atoms with Crippen LogP contribution in [-0.4, -0.2) is 0 Å². The number of aryl methyl sites for hydroxylation is 1. The predicted octanol–water partition coefficient (Wildman–Crippen LogP) is 7.13. The second kappa shape index (κ2) is 8.36. The number of rotatable bonds is 5. The molecule has 128 valence electrons. The van der Waals surface area contributed by atoms with Gasteiger partial charge in [0.15, 0.2) is 0 Å². The highest BCUT2D eigenvalue weighted by atomic mass is 14.4. The molecule has 0 atom stereocenters. The van der Waals surface area contributed by atoms with E-state index >= 15 is 0 Å². The molecule has 0 saturated heterocycles. The minimum absolute atomic E-state index is 0.842. The highest BCUT2D eigenvalue weighted by molar-refractivity contribution is 5.25. The fourth-order valence-corrected chi connectivity index (χ4v) is 5.24. The van der Waals surface area contributed by atoms with Crippen molar-refractivity contribution in [3.63, 3.8) is 0 Å². The average Bonchev–Trinajstić information content (AvgIpc) is 2.63. The predicted molar refractivity (Wildman–Crippen MR) is 101 cm³/mol. The van der Waals surface area contributed by atoms with Crippen LogP contribution in [0, 0.1) is 17.8 Å². The van der Waals surface area contributed by atoms with E-state index in [2.05, 4.69) is 38.1 Å². The van der Waals surface area contributed by atoms with Gasteiger partial charge < -0.3 is 0 Å². The van der Waals surface area contributed by atoms with Gasteiger partial charge in [0, 0.05) is 0 Å². The third-order valence-electron chi connectivity index (χ3n) is 6.90. The zero-order valence-corrected chi connectivity index (χ0v) is 15.4. The van der Waals surface area contributed by atoms with Crippen molar-refractivity contribution in [2.24, 2.45) is 17.8 Å². The molecule has 0 nitrogen and oxygen atoms in total. The Morgan fingerprint density at radius 2 is 1.30 bits per heavy atom. The lowest BCUT2D eigenvalue weighted by Crippen LogP contribution is -2.25. The van der Waals surface area contributed by atoms with Crippen LogP contribution in [0.15, 0.2) is 24.3 Å². The molecule has 0 unspecified atom stereocenters. The first-order valence-electron chi connectivity index (χ1n) is 10.4. The highest BCUT2D eigenvalue weighted by Crippen LogP contribution is 2.44. The van der Waals surface area contributed by atoms with Crippen LogP contribution in [0.3, 0.4) is 0 Å². The molecule has 23 heavy (non-hydrogen) atoms. The molecule has 2 aliphatic carbocycles. The molecule has 0 spiro atoms. The van der Waals surface area contributed by atoms with Gasteiger partial charge in [0.2, 0.25) is 0 Å². The highest BCUT2D eigenvalue weighted by Gasteiger charge is 2.30. The van der Waals surface area contributed by atoms with Crippen LogP contribution < -0.4 is 0 Å². The smallest absolute Gasteiger partial charge is 0.0162 e. The van der Waals surface area contributed by atoms with Crippen molar-refractivity contribution in [2.75, 3.05) is 0 Å². The summed E-state index contributed by atoms with van der Waals surface area (Å²) in [7, 11) is 0. The maximum Gasteiger partial charge on any atom is -0.0162 e. The van der Waals surface area contributed by atoms with E-state index in [4.69, 9.17) is 0 Å². The number of hydrogen-bond acceptors (Lipinski definition) is 0. The number of hydrogen-bond donors (Lipinski definition) is 0. The van der Waals surface area contributed by atoms with E-state index in [-0.39, 0.29) is 0 Å². The van der Waals surface area contributed by atoms with Gasteiger partial charge in [0.05, 0.1) is 0 Å². The van der Waals surface area contributed by atoms with Gasteiger partial charge in [-0.2, -0.15) is 0 Å². The van der Waals surface area contributed by atoms with Crippen molar-refractivity contribution in [3.8, 4) is 0 Å². The fraction of sp³-hybridized carbons (Fsp3) is 0.739. The van der Waals surface area contributed by atoms with Crippen LogP contribution in [0.2, 0.25) is 0 Å². The summed E-state index contributed by atoms with van der Waals surface area (Å²) in [5.41, 5.74) is 3.12. The molecule has 2 fully saturated rings. The summed E-state index contributed by atoms with van der Waals surface area (Å²) in [6.45, 7) is 4.64. The first-order chi connectivity index (χ1) is 11.3. The van der Waals surface area contributed by atoms with Gasteiger partial charge in [-0.1, -0.05) is 63.8 Å². The Labute approximate surface area is 144 Å². The summed E-state index contributed by atoms with van der Waals surface area (Å²) >= 11 is 0. The third kappa shape index (κ3) is 4.40. The van der Waals surface area contributed by atoms with Gasteiger partial charge in [0.25, 0.3) is 0 Å². The zero-order valence-electron chi connectivity index (χ0n) is 15.4. The van der Waals surface area contributed by atoms with E-state index < -0.39 is 0 Å². The Hall–Kier alpha value is -0.780. The molecule has 0 bridgehead atoms. The van der Waals surface area contributed by atoms with E-state index in [9.17, 15) is 0 Å². The minimum Gasteiger partial charge on any atom is -0.0651 e. The van der Waals surface area contributed by atoms with Crippen molar-refractivity contribution in [3.05, 3.63) is 35.4 Å². The molecule has 0 aliphatic heterocycles. The van der Waals surface area contributed by atoms with E-state index in [1.807, 2.05) is 0 Å². The Morgan fingerprint density at radius 1 is 0.739 bits per heavy atom. The van der Waals surface area contributed by atoms with Crippen LogP contribution in [0.25, 0.3) is 0 Å². The molecular formula is C23H36. The molecular weight excluding hydrogens is 276 g/mol. The van der Waals surface area contributed by atoms with E-state index in [0.29, 0.717) is 0 Å². The van der Waals surface area contributed by atoms with Gasteiger partial charge in [-0.3, -0.25) is 0 Å². The van der Waals surface area contributed by atoms with Crippen LogP contribution in [0.4, 0.5) is 0 Å². The lowest BCUT2D eigenvalue weighted by atomic mass is 9.68. The van der Waals surface area contributed by atoms with Gasteiger partial charge in [-0.15, -0.1) is 0 Å². The fourth-order valence-electron chi connectivity index (χ4n) is 5.24. The largest absolute Gasteiger partial charge is 0.0651 e. The van der Waals surface area contributed by atoms with E-state index in [1.54, 1.807) is 5.56 Å². The molecule has 0 heterocycles. The Balaban J connectivity index is 1.48. The maximum absolute atomic E-state index is 2.42. The van der Waals surface area contributed by atoms with Crippen molar-refractivity contribution < 1.29 is 0 Å². The van der Waals surface area contributed by atoms with Crippen LogP contribution in [-0.2, 0) is 6.42 Å². The molecule has 0 amide bonds. The Morgan fingerprint density at radius 3 is 1.83 bits per heavy atom. The zero-order chi connectivity index (χ0) is 16.1. The van der Waals surface area contributed by atoms with Gasteiger partial charge in [0.1, 0.15) is 0 Å². The molecule has 2 aliphatic rings. The molecule has 0 aromatic heterocycles. The molecule has 1 aromatic carbocycles.